The maximum absolute atomic E-state index is 5.20. The summed E-state index contributed by atoms with van der Waals surface area (Å²) in [7, 11) is 1.79. The van der Waals surface area contributed by atoms with E-state index in [4.69, 9.17) is 4.74 Å². The Bertz CT molecular complexity index is 193. The molecule has 0 aromatic heterocycles. The summed E-state index contributed by atoms with van der Waals surface area (Å²) < 4.78 is 5.20. The van der Waals surface area contributed by atoms with Gasteiger partial charge in [-0.2, -0.15) is 0 Å². The van der Waals surface area contributed by atoms with Gasteiger partial charge in [-0.1, -0.05) is 13.8 Å². The summed E-state index contributed by atoms with van der Waals surface area (Å²) in [5.41, 5.74) is 0. The zero-order valence-corrected chi connectivity index (χ0v) is 12.0. The summed E-state index contributed by atoms with van der Waals surface area (Å²) in [6.45, 7) is 9.89. The lowest BCUT2D eigenvalue weighted by molar-refractivity contribution is 0.115. The molecule has 1 rings (SSSR count). The fourth-order valence-electron chi connectivity index (χ4n) is 2.32. The van der Waals surface area contributed by atoms with Crippen LogP contribution in [0.25, 0.3) is 0 Å². The van der Waals surface area contributed by atoms with Crippen molar-refractivity contribution in [2.24, 2.45) is 0 Å². The number of nitrogens with one attached hydrogen (secondary N) is 1. The maximum Gasteiger partial charge on any atom is 0.0589 e. The average Bonchev–Trinajstić information content (AvgIpc) is 3.09. The molecular weight excluding hydrogens is 212 g/mol. The van der Waals surface area contributed by atoms with E-state index in [1.54, 1.807) is 7.11 Å². The highest BCUT2D eigenvalue weighted by Gasteiger charge is 2.31. The Kier molecular flexibility index (Phi) is 7.09. The molecule has 1 saturated carbocycles. The Balaban J connectivity index is 2.15. The minimum absolute atomic E-state index is 0.610. The molecule has 0 aliphatic heterocycles. The molecule has 17 heavy (non-hydrogen) atoms. The van der Waals surface area contributed by atoms with Gasteiger partial charge in [-0.25, -0.2) is 0 Å². The standard InChI is InChI=1S/C14H30N2O/c1-12(2)15-9-5-6-13(3)16(10-11-17-4)14-7-8-14/h12-15H,5-11H2,1-4H3. The number of hydrogen-bond donors (Lipinski definition) is 1. The van der Waals surface area contributed by atoms with Crippen molar-refractivity contribution in [3.05, 3.63) is 0 Å². The molecule has 102 valence electrons. The zero-order valence-electron chi connectivity index (χ0n) is 12.0. The van der Waals surface area contributed by atoms with Gasteiger partial charge in [0.25, 0.3) is 0 Å². The van der Waals surface area contributed by atoms with Crippen molar-refractivity contribution in [1.82, 2.24) is 10.2 Å². The summed E-state index contributed by atoms with van der Waals surface area (Å²) >= 11 is 0. The van der Waals surface area contributed by atoms with Gasteiger partial charge >= 0.3 is 0 Å². The third-order valence-corrected chi connectivity index (χ3v) is 3.49. The van der Waals surface area contributed by atoms with E-state index < -0.39 is 0 Å². The van der Waals surface area contributed by atoms with Crippen LogP contribution in [0.1, 0.15) is 46.5 Å². The second-order valence-electron chi connectivity index (χ2n) is 5.56. The van der Waals surface area contributed by atoms with Crippen LogP contribution < -0.4 is 5.32 Å². The molecule has 1 aliphatic carbocycles. The van der Waals surface area contributed by atoms with Crippen molar-refractivity contribution in [2.45, 2.75) is 64.6 Å². The first kappa shape index (κ1) is 14.9. The summed E-state index contributed by atoms with van der Waals surface area (Å²) in [6.07, 6.45) is 5.34. The lowest BCUT2D eigenvalue weighted by atomic mass is 10.1. The third-order valence-electron chi connectivity index (χ3n) is 3.49. The first-order valence-corrected chi connectivity index (χ1v) is 7.13. The van der Waals surface area contributed by atoms with Crippen molar-refractivity contribution in [3.63, 3.8) is 0 Å². The van der Waals surface area contributed by atoms with E-state index in [1.807, 2.05) is 0 Å². The third kappa shape index (κ3) is 6.39. The lowest BCUT2D eigenvalue weighted by Crippen LogP contribution is -2.38. The average molecular weight is 242 g/mol. The molecule has 1 atom stereocenters. The van der Waals surface area contributed by atoms with E-state index in [0.717, 1.165) is 25.7 Å². The SMILES string of the molecule is COCCN(C(C)CCCNC(C)C)C1CC1. The highest BCUT2D eigenvalue weighted by molar-refractivity contribution is 4.87. The zero-order chi connectivity index (χ0) is 12.7. The van der Waals surface area contributed by atoms with Crippen molar-refractivity contribution in [2.75, 3.05) is 26.8 Å². The van der Waals surface area contributed by atoms with Gasteiger partial charge in [0.05, 0.1) is 6.61 Å². The fraction of sp³-hybridized carbons (Fsp3) is 1.00. The molecular formula is C14H30N2O. The molecule has 1 N–H and O–H groups in total. The summed E-state index contributed by atoms with van der Waals surface area (Å²) in [6, 6.07) is 2.16. The topological polar surface area (TPSA) is 24.5 Å². The van der Waals surface area contributed by atoms with Gasteiger partial charge in [0, 0.05) is 31.8 Å². The van der Waals surface area contributed by atoms with Gasteiger partial charge in [-0.05, 0) is 39.2 Å². The number of hydrogen-bond acceptors (Lipinski definition) is 3. The number of rotatable bonds is 10. The highest BCUT2D eigenvalue weighted by Crippen LogP contribution is 2.29. The van der Waals surface area contributed by atoms with Crippen LogP contribution in [0.15, 0.2) is 0 Å². The van der Waals surface area contributed by atoms with Crippen molar-refractivity contribution >= 4 is 0 Å². The normalized spacial score (nSPS) is 18.0. The summed E-state index contributed by atoms with van der Waals surface area (Å²) in [5, 5.41) is 3.48. The summed E-state index contributed by atoms with van der Waals surface area (Å²) in [4.78, 5) is 2.64. The summed E-state index contributed by atoms with van der Waals surface area (Å²) in [5.74, 6) is 0. The van der Waals surface area contributed by atoms with Gasteiger partial charge < -0.3 is 10.1 Å². The fourth-order valence-corrected chi connectivity index (χ4v) is 2.32. The van der Waals surface area contributed by atoms with Gasteiger partial charge in [0.2, 0.25) is 0 Å². The predicted octanol–water partition coefficient (Wildman–Crippen LogP) is 2.26. The van der Waals surface area contributed by atoms with Crippen molar-refractivity contribution < 1.29 is 4.74 Å². The molecule has 1 fully saturated rings. The largest absolute Gasteiger partial charge is 0.383 e. The lowest BCUT2D eigenvalue weighted by Gasteiger charge is -2.29. The first-order chi connectivity index (χ1) is 8.15. The van der Waals surface area contributed by atoms with E-state index in [-0.39, 0.29) is 0 Å². The van der Waals surface area contributed by atoms with Crippen LogP contribution in [-0.2, 0) is 4.74 Å². The minimum atomic E-state index is 0.610. The number of nitrogens with zero attached hydrogens (tertiary/aromatic N) is 1. The molecule has 1 aliphatic rings. The minimum Gasteiger partial charge on any atom is -0.383 e. The molecule has 0 heterocycles. The molecule has 3 nitrogen and oxygen atoms in total. The Morgan fingerprint density at radius 3 is 2.53 bits per heavy atom. The van der Waals surface area contributed by atoms with Gasteiger partial charge in [0.1, 0.15) is 0 Å². The predicted molar refractivity (Wildman–Crippen MR) is 73.4 cm³/mol. The smallest absolute Gasteiger partial charge is 0.0589 e. The molecule has 0 saturated heterocycles. The second-order valence-corrected chi connectivity index (χ2v) is 5.56. The molecule has 0 bridgehead atoms. The van der Waals surface area contributed by atoms with Crippen LogP contribution >= 0.6 is 0 Å². The van der Waals surface area contributed by atoms with Crippen LogP contribution in [0.2, 0.25) is 0 Å². The first-order valence-electron chi connectivity index (χ1n) is 7.13. The highest BCUT2D eigenvalue weighted by atomic mass is 16.5. The number of methoxy groups -OCH3 is 1. The molecule has 0 radical (unpaired) electrons. The van der Waals surface area contributed by atoms with Crippen LogP contribution in [0.3, 0.4) is 0 Å². The quantitative estimate of drug-likeness (QED) is 0.595. The van der Waals surface area contributed by atoms with E-state index in [0.29, 0.717) is 12.1 Å². The van der Waals surface area contributed by atoms with Crippen molar-refractivity contribution in [1.29, 1.82) is 0 Å². The van der Waals surface area contributed by atoms with Crippen LogP contribution in [0.5, 0.6) is 0 Å². The van der Waals surface area contributed by atoms with Gasteiger partial charge in [-0.15, -0.1) is 0 Å². The van der Waals surface area contributed by atoms with E-state index in [9.17, 15) is 0 Å². The Morgan fingerprint density at radius 1 is 1.29 bits per heavy atom. The van der Waals surface area contributed by atoms with Gasteiger partial charge in [0.15, 0.2) is 0 Å². The monoisotopic (exact) mass is 242 g/mol. The Hall–Kier alpha value is -0.120. The molecule has 1 unspecified atom stereocenters. The Labute approximate surface area is 107 Å². The van der Waals surface area contributed by atoms with Crippen molar-refractivity contribution in [3.8, 4) is 0 Å². The molecule has 0 spiro atoms. The molecule has 3 heteroatoms. The van der Waals surface area contributed by atoms with E-state index in [1.165, 1.54) is 25.7 Å². The van der Waals surface area contributed by atoms with E-state index >= 15 is 0 Å². The molecule has 0 aromatic rings. The van der Waals surface area contributed by atoms with Crippen LogP contribution in [-0.4, -0.2) is 49.8 Å². The van der Waals surface area contributed by atoms with E-state index in [2.05, 4.69) is 31.0 Å². The van der Waals surface area contributed by atoms with Gasteiger partial charge in [-0.3, -0.25) is 4.90 Å². The second kappa shape index (κ2) is 8.06. The maximum atomic E-state index is 5.20. The Morgan fingerprint density at radius 2 is 2.00 bits per heavy atom. The molecule has 0 amide bonds. The van der Waals surface area contributed by atoms with Crippen LogP contribution in [0, 0.1) is 0 Å². The number of ether oxygens (including phenoxy) is 1. The molecule has 0 aromatic carbocycles. The van der Waals surface area contributed by atoms with Crippen LogP contribution in [0.4, 0.5) is 0 Å².